The fraction of sp³-hybridized carbons (Fsp3) is 0.200. The highest BCUT2D eigenvalue weighted by atomic mass is 16.6. The van der Waals surface area contributed by atoms with Crippen LogP contribution in [0.15, 0.2) is 54.7 Å². The van der Waals surface area contributed by atoms with Gasteiger partial charge < -0.3 is 19.6 Å². The third kappa shape index (κ3) is 3.38. The first kappa shape index (κ1) is 17.5. The number of nitriles is 1. The van der Waals surface area contributed by atoms with Crippen molar-refractivity contribution in [2.24, 2.45) is 0 Å². The minimum atomic E-state index is -0.650. The highest BCUT2D eigenvalue weighted by Gasteiger charge is 2.41. The van der Waals surface area contributed by atoms with Crippen molar-refractivity contribution in [3.8, 4) is 29.0 Å². The molecule has 0 spiro atoms. The number of nitrogens with zero attached hydrogens (tertiary/aromatic N) is 4. The minimum Gasteiger partial charge on any atom is -0.489 e. The second-order valence-electron chi connectivity index (χ2n) is 6.82. The van der Waals surface area contributed by atoms with E-state index in [1.165, 1.54) is 6.20 Å². The summed E-state index contributed by atoms with van der Waals surface area (Å²) in [4.78, 5) is 14.1. The van der Waals surface area contributed by atoms with Gasteiger partial charge in [-0.3, -0.25) is 4.57 Å². The molecular formula is C20H16N4O4. The van der Waals surface area contributed by atoms with Gasteiger partial charge in [0.2, 0.25) is 0 Å². The Morgan fingerprint density at radius 3 is 2.46 bits per heavy atom. The molecule has 140 valence electrons. The molecule has 0 aliphatic carbocycles. The average molecular weight is 376 g/mol. The summed E-state index contributed by atoms with van der Waals surface area (Å²) in [6.45, 7) is 2.57. The maximum Gasteiger partial charge on any atom is 0.415 e. The Morgan fingerprint density at radius 2 is 1.89 bits per heavy atom. The molecule has 0 amide bonds. The summed E-state index contributed by atoms with van der Waals surface area (Å²) >= 11 is 0. The zero-order valence-electron chi connectivity index (χ0n) is 15.0. The maximum atomic E-state index is 10.8. The highest BCUT2D eigenvalue weighted by Crippen LogP contribution is 2.31. The van der Waals surface area contributed by atoms with E-state index in [1.54, 1.807) is 16.7 Å². The molecule has 8 nitrogen and oxygen atoms in total. The molecule has 4 rings (SSSR count). The lowest BCUT2D eigenvalue weighted by molar-refractivity contribution is -0.389. The maximum absolute atomic E-state index is 10.8. The lowest BCUT2D eigenvalue weighted by Gasteiger charge is -2.22. The minimum absolute atomic E-state index is 0.226. The van der Waals surface area contributed by atoms with E-state index in [1.807, 2.05) is 43.3 Å². The molecule has 3 aromatic rings. The van der Waals surface area contributed by atoms with Gasteiger partial charge in [0.15, 0.2) is 5.60 Å². The summed E-state index contributed by atoms with van der Waals surface area (Å²) < 4.78 is 13.2. The van der Waals surface area contributed by atoms with Gasteiger partial charge in [-0.05, 0) is 47.2 Å². The number of fused-ring (bicyclic) bond motifs is 1. The lowest BCUT2D eigenvalue weighted by atomic mass is 10.0. The van der Waals surface area contributed by atoms with Crippen molar-refractivity contribution in [3.63, 3.8) is 0 Å². The first-order chi connectivity index (χ1) is 13.5. The molecule has 0 fully saturated rings. The molecule has 0 radical (unpaired) electrons. The van der Waals surface area contributed by atoms with Crippen LogP contribution in [0.5, 0.6) is 11.8 Å². The van der Waals surface area contributed by atoms with Crippen LogP contribution in [-0.2, 0) is 6.54 Å². The Bertz CT molecular complexity index is 1040. The van der Waals surface area contributed by atoms with Gasteiger partial charge in [-0.25, -0.2) is 0 Å². The van der Waals surface area contributed by atoms with Crippen LogP contribution >= 0.6 is 0 Å². The molecule has 1 aliphatic heterocycles. The molecule has 1 aromatic heterocycles. The molecule has 1 unspecified atom stereocenters. The molecule has 0 N–H and O–H groups in total. The Hall–Kier alpha value is -3.86. The number of benzene rings is 2. The van der Waals surface area contributed by atoms with Crippen molar-refractivity contribution < 1.29 is 14.4 Å². The van der Waals surface area contributed by atoms with Gasteiger partial charge in [0.1, 0.15) is 18.6 Å². The fourth-order valence-corrected chi connectivity index (χ4v) is 3.07. The summed E-state index contributed by atoms with van der Waals surface area (Å²) in [5.74, 6) is 0.467. The average Bonchev–Trinajstić information content (AvgIpc) is 3.22. The number of ether oxygens (including phenoxy) is 2. The standard InChI is InChI=1S/C20H16N4O4/c1-20(12-23-11-18(24(25)26)22-19(23)28-20)13-27-17-8-6-16(7-9-17)15-4-2-14(10-21)3-5-15/h2-9,11H,12-13H2,1H3. The molecule has 0 bridgehead atoms. The van der Waals surface area contributed by atoms with Crippen molar-refractivity contribution in [2.75, 3.05) is 6.61 Å². The van der Waals surface area contributed by atoms with Gasteiger partial charge in [-0.2, -0.15) is 5.26 Å². The summed E-state index contributed by atoms with van der Waals surface area (Å²) in [5, 5.41) is 19.7. The summed E-state index contributed by atoms with van der Waals surface area (Å²) in [7, 11) is 0. The SMILES string of the molecule is CC1(COc2ccc(-c3ccc(C#N)cc3)cc2)Cn2cc([N+](=O)[O-])nc2O1. The van der Waals surface area contributed by atoms with Gasteiger partial charge in [0, 0.05) is 4.98 Å². The first-order valence-electron chi connectivity index (χ1n) is 8.60. The monoisotopic (exact) mass is 376 g/mol. The van der Waals surface area contributed by atoms with E-state index in [0.717, 1.165) is 11.1 Å². The van der Waals surface area contributed by atoms with Crippen LogP contribution in [0.1, 0.15) is 12.5 Å². The van der Waals surface area contributed by atoms with Crippen molar-refractivity contribution in [2.45, 2.75) is 19.1 Å². The van der Waals surface area contributed by atoms with E-state index in [0.29, 0.717) is 17.9 Å². The quantitative estimate of drug-likeness (QED) is 0.498. The molecule has 2 aromatic carbocycles. The Balaban J connectivity index is 1.39. The number of nitro groups is 1. The molecule has 8 heteroatoms. The lowest BCUT2D eigenvalue weighted by Crippen LogP contribution is -2.38. The number of hydrogen-bond donors (Lipinski definition) is 0. The van der Waals surface area contributed by atoms with Crippen molar-refractivity contribution in [1.82, 2.24) is 9.55 Å². The third-order valence-electron chi connectivity index (χ3n) is 4.50. The van der Waals surface area contributed by atoms with Crippen LogP contribution in [0.4, 0.5) is 5.82 Å². The van der Waals surface area contributed by atoms with Crippen LogP contribution in [0, 0.1) is 21.4 Å². The van der Waals surface area contributed by atoms with Crippen LogP contribution in [0.3, 0.4) is 0 Å². The highest BCUT2D eigenvalue weighted by molar-refractivity contribution is 5.64. The predicted molar refractivity (Wildman–Crippen MR) is 100 cm³/mol. The van der Waals surface area contributed by atoms with E-state index in [-0.39, 0.29) is 18.4 Å². The van der Waals surface area contributed by atoms with Gasteiger partial charge >= 0.3 is 11.8 Å². The van der Waals surface area contributed by atoms with Crippen LogP contribution in [0.25, 0.3) is 11.1 Å². The van der Waals surface area contributed by atoms with Crippen LogP contribution in [0.2, 0.25) is 0 Å². The van der Waals surface area contributed by atoms with Gasteiger partial charge in [-0.15, -0.1) is 0 Å². The fourth-order valence-electron chi connectivity index (χ4n) is 3.07. The van der Waals surface area contributed by atoms with E-state index in [9.17, 15) is 10.1 Å². The Morgan fingerprint density at radius 1 is 1.25 bits per heavy atom. The number of aromatic nitrogens is 2. The molecule has 0 saturated carbocycles. The molecular weight excluding hydrogens is 360 g/mol. The zero-order valence-corrected chi connectivity index (χ0v) is 15.0. The first-order valence-corrected chi connectivity index (χ1v) is 8.60. The van der Waals surface area contributed by atoms with Gasteiger partial charge in [0.25, 0.3) is 0 Å². The normalized spacial score (nSPS) is 17.4. The predicted octanol–water partition coefficient (Wildman–Crippen LogP) is 3.56. The second-order valence-corrected chi connectivity index (χ2v) is 6.82. The molecule has 0 saturated heterocycles. The van der Waals surface area contributed by atoms with E-state index in [4.69, 9.17) is 14.7 Å². The van der Waals surface area contributed by atoms with Crippen molar-refractivity contribution in [3.05, 3.63) is 70.4 Å². The zero-order chi connectivity index (χ0) is 19.7. The van der Waals surface area contributed by atoms with Gasteiger partial charge in [0.05, 0.1) is 18.2 Å². The summed E-state index contributed by atoms with van der Waals surface area (Å²) in [5.41, 5.74) is 2.01. The van der Waals surface area contributed by atoms with Crippen LogP contribution in [-0.4, -0.2) is 26.7 Å². The Kier molecular flexibility index (Phi) is 4.20. The van der Waals surface area contributed by atoms with Crippen molar-refractivity contribution >= 4 is 5.82 Å². The largest absolute Gasteiger partial charge is 0.489 e. The Labute approximate surface area is 160 Å². The van der Waals surface area contributed by atoms with E-state index in [2.05, 4.69) is 11.1 Å². The summed E-state index contributed by atoms with van der Waals surface area (Å²) in [6.07, 6.45) is 1.37. The van der Waals surface area contributed by atoms with Crippen LogP contribution < -0.4 is 9.47 Å². The summed E-state index contributed by atoms with van der Waals surface area (Å²) in [6, 6.07) is 17.3. The molecule has 2 heterocycles. The second kappa shape index (κ2) is 6.70. The van der Waals surface area contributed by atoms with Crippen molar-refractivity contribution in [1.29, 1.82) is 5.26 Å². The van der Waals surface area contributed by atoms with E-state index >= 15 is 0 Å². The molecule has 28 heavy (non-hydrogen) atoms. The number of imidazole rings is 1. The van der Waals surface area contributed by atoms with E-state index < -0.39 is 10.5 Å². The third-order valence-corrected chi connectivity index (χ3v) is 4.50. The molecule has 1 atom stereocenters. The van der Waals surface area contributed by atoms with Gasteiger partial charge in [-0.1, -0.05) is 24.3 Å². The molecule has 1 aliphatic rings. The smallest absolute Gasteiger partial charge is 0.415 e. The number of rotatable bonds is 5. The number of hydrogen-bond acceptors (Lipinski definition) is 6. The topological polar surface area (TPSA) is 103 Å².